The highest BCUT2D eigenvalue weighted by atomic mass is 32.2. The molecular formula is C12H19FN2O2S. The van der Waals surface area contributed by atoms with E-state index in [1.165, 1.54) is 22.5 Å². The normalized spacial score (nSPS) is 12.4. The van der Waals surface area contributed by atoms with Crippen LogP contribution in [-0.4, -0.2) is 25.3 Å². The minimum atomic E-state index is -3.70. The number of hydrogen-bond donors (Lipinski definition) is 1. The molecule has 0 radical (unpaired) electrons. The lowest BCUT2D eigenvalue weighted by Crippen LogP contribution is -2.37. The number of rotatable bonds is 5. The summed E-state index contributed by atoms with van der Waals surface area (Å²) in [5, 5.41) is 0. The van der Waals surface area contributed by atoms with Crippen LogP contribution in [0.15, 0.2) is 23.1 Å². The lowest BCUT2D eigenvalue weighted by atomic mass is 10.2. The number of hydrogen-bond acceptors (Lipinski definition) is 3. The molecule has 0 saturated heterocycles. The van der Waals surface area contributed by atoms with Gasteiger partial charge in [0.2, 0.25) is 10.0 Å². The van der Waals surface area contributed by atoms with Crippen molar-refractivity contribution in [1.29, 1.82) is 0 Å². The van der Waals surface area contributed by atoms with E-state index < -0.39 is 15.8 Å². The molecule has 0 amide bonds. The van der Waals surface area contributed by atoms with Crippen LogP contribution in [0.2, 0.25) is 0 Å². The number of halogens is 1. The van der Waals surface area contributed by atoms with Crippen molar-refractivity contribution in [3.63, 3.8) is 0 Å². The SMILES string of the molecule is CCN(C(C)C)S(=O)(=O)c1cccc(F)c1CN. The van der Waals surface area contributed by atoms with E-state index in [1.807, 2.05) is 0 Å². The average Bonchev–Trinajstić information content (AvgIpc) is 2.28. The van der Waals surface area contributed by atoms with E-state index in [0.29, 0.717) is 6.54 Å². The van der Waals surface area contributed by atoms with Gasteiger partial charge in [-0.15, -0.1) is 0 Å². The maximum Gasteiger partial charge on any atom is 0.243 e. The largest absolute Gasteiger partial charge is 0.326 e. The highest BCUT2D eigenvalue weighted by Gasteiger charge is 2.28. The minimum Gasteiger partial charge on any atom is -0.326 e. The zero-order chi connectivity index (χ0) is 13.9. The van der Waals surface area contributed by atoms with Gasteiger partial charge in [-0.25, -0.2) is 12.8 Å². The Hall–Kier alpha value is -0.980. The van der Waals surface area contributed by atoms with E-state index in [1.54, 1.807) is 20.8 Å². The van der Waals surface area contributed by atoms with Crippen molar-refractivity contribution in [2.24, 2.45) is 5.73 Å². The Morgan fingerprint density at radius 3 is 2.44 bits per heavy atom. The standard InChI is InChI=1S/C12H19FN2O2S/c1-4-15(9(2)3)18(16,17)12-7-5-6-11(13)10(12)8-14/h5-7,9H,4,8,14H2,1-3H3. The summed E-state index contributed by atoms with van der Waals surface area (Å²) in [6.45, 7) is 5.50. The average molecular weight is 274 g/mol. The Balaban J connectivity index is 3.41. The van der Waals surface area contributed by atoms with Crippen LogP contribution in [0.5, 0.6) is 0 Å². The van der Waals surface area contributed by atoms with Gasteiger partial charge in [0.15, 0.2) is 0 Å². The highest BCUT2D eigenvalue weighted by Crippen LogP contribution is 2.23. The predicted octanol–water partition coefficient (Wildman–Crippen LogP) is 1.70. The van der Waals surface area contributed by atoms with Gasteiger partial charge in [-0.05, 0) is 26.0 Å². The second kappa shape index (κ2) is 5.77. The second-order valence-corrected chi connectivity index (χ2v) is 6.08. The highest BCUT2D eigenvalue weighted by molar-refractivity contribution is 7.89. The van der Waals surface area contributed by atoms with E-state index in [2.05, 4.69) is 0 Å². The molecule has 0 saturated carbocycles. The van der Waals surface area contributed by atoms with Crippen LogP contribution in [0.4, 0.5) is 4.39 Å². The molecule has 0 atom stereocenters. The third-order valence-corrected chi connectivity index (χ3v) is 4.99. The van der Waals surface area contributed by atoms with Gasteiger partial charge in [0.05, 0.1) is 4.90 Å². The van der Waals surface area contributed by atoms with Crippen molar-refractivity contribution in [2.75, 3.05) is 6.54 Å². The van der Waals surface area contributed by atoms with E-state index in [9.17, 15) is 12.8 Å². The molecule has 0 heterocycles. The zero-order valence-electron chi connectivity index (χ0n) is 10.9. The zero-order valence-corrected chi connectivity index (χ0v) is 11.7. The van der Waals surface area contributed by atoms with E-state index in [0.717, 1.165) is 0 Å². The van der Waals surface area contributed by atoms with Crippen LogP contribution in [0.3, 0.4) is 0 Å². The first kappa shape index (κ1) is 15.1. The third kappa shape index (κ3) is 2.71. The molecule has 0 fully saturated rings. The molecule has 18 heavy (non-hydrogen) atoms. The summed E-state index contributed by atoms with van der Waals surface area (Å²) in [5.74, 6) is -0.585. The maximum absolute atomic E-state index is 13.6. The first-order valence-electron chi connectivity index (χ1n) is 5.85. The van der Waals surface area contributed by atoms with Crippen molar-refractivity contribution in [1.82, 2.24) is 4.31 Å². The van der Waals surface area contributed by atoms with Crippen molar-refractivity contribution in [2.45, 2.75) is 38.3 Å². The molecule has 0 aliphatic rings. The van der Waals surface area contributed by atoms with Crippen molar-refractivity contribution in [3.05, 3.63) is 29.6 Å². The monoisotopic (exact) mass is 274 g/mol. The van der Waals surface area contributed by atoms with E-state index in [-0.39, 0.29) is 23.0 Å². The fourth-order valence-corrected chi connectivity index (χ4v) is 3.81. The number of nitrogens with zero attached hydrogens (tertiary/aromatic N) is 1. The Kier molecular flexibility index (Phi) is 4.84. The van der Waals surface area contributed by atoms with Gasteiger partial charge in [-0.2, -0.15) is 4.31 Å². The summed E-state index contributed by atoms with van der Waals surface area (Å²) in [6.07, 6.45) is 0. The smallest absolute Gasteiger partial charge is 0.243 e. The Bertz CT molecular complexity index is 515. The van der Waals surface area contributed by atoms with Crippen molar-refractivity contribution < 1.29 is 12.8 Å². The van der Waals surface area contributed by atoms with Crippen LogP contribution in [0.1, 0.15) is 26.3 Å². The summed E-state index contributed by atoms with van der Waals surface area (Å²) in [4.78, 5) is -0.0412. The van der Waals surface area contributed by atoms with Crippen molar-refractivity contribution >= 4 is 10.0 Å². The van der Waals surface area contributed by atoms with Crippen molar-refractivity contribution in [3.8, 4) is 0 Å². The second-order valence-electron chi connectivity index (χ2n) is 4.22. The third-order valence-electron chi connectivity index (χ3n) is 2.75. The van der Waals surface area contributed by atoms with Gasteiger partial charge in [0.25, 0.3) is 0 Å². The molecule has 1 aromatic rings. The van der Waals surface area contributed by atoms with Gasteiger partial charge in [-0.3, -0.25) is 0 Å². The molecule has 0 bridgehead atoms. The van der Waals surface area contributed by atoms with E-state index in [4.69, 9.17) is 5.73 Å². The number of nitrogens with two attached hydrogens (primary N) is 1. The predicted molar refractivity (Wildman–Crippen MR) is 69.0 cm³/mol. The van der Waals surface area contributed by atoms with E-state index >= 15 is 0 Å². The van der Waals surface area contributed by atoms with Gasteiger partial charge >= 0.3 is 0 Å². The minimum absolute atomic E-state index is 0.0385. The summed E-state index contributed by atoms with van der Waals surface area (Å²) in [6, 6.07) is 3.81. The quantitative estimate of drug-likeness (QED) is 0.889. The molecule has 102 valence electrons. The van der Waals surface area contributed by atoms with Gasteiger partial charge in [-0.1, -0.05) is 13.0 Å². The lowest BCUT2D eigenvalue weighted by Gasteiger charge is -2.25. The molecule has 2 N–H and O–H groups in total. The van der Waals surface area contributed by atoms with Crippen LogP contribution >= 0.6 is 0 Å². The van der Waals surface area contributed by atoms with Crippen LogP contribution in [0, 0.1) is 5.82 Å². The fraction of sp³-hybridized carbons (Fsp3) is 0.500. The topological polar surface area (TPSA) is 63.4 Å². The maximum atomic E-state index is 13.6. The number of sulfonamides is 1. The Labute approximate surface area is 108 Å². The molecular weight excluding hydrogens is 255 g/mol. The van der Waals surface area contributed by atoms with Crippen LogP contribution in [0.25, 0.3) is 0 Å². The number of benzene rings is 1. The molecule has 6 heteroatoms. The first-order valence-corrected chi connectivity index (χ1v) is 7.29. The summed E-state index contributed by atoms with van der Waals surface area (Å²) in [5.41, 5.74) is 5.48. The molecule has 0 unspecified atom stereocenters. The fourth-order valence-electron chi connectivity index (χ4n) is 1.92. The summed E-state index contributed by atoms with van der Waals surface area (Å²) >= 11 is 0. The molecule has 1 aromatic carbocycles. The molecule has 4 nitrogen and oxygen atoms in total. The molecule has 0 aliphatic carbocycles. The first-order chi connectivity index (χ1) is 8.36. The van der Waals surface area contributed by atoms with Gasteiger partial charge < -0.3 is 5.73 Å². The van der Waals surface area contributed by atoms with Gasteiger partial charge in [0.1, 0.15) is 5.82 Å². The van der Waals surface area contributed by atoms with Gasteiger partial charge in [0, 0.05) is 24.7 Å². The molecule has 0 spiro atoms. The van der Waals surface area contributed by atoms with Crippen LogP contribution in [-0.2, 0) is 16.6 Å². The molecule has 0 aliphatic heterocycles. The summed E-state index contributed by atoms with van der Waals surface area (Å²) in [7, 11) is -3.70. The summed E-state index contributed by atoms with van der Waals surface area (Å²) < 4.78 is 39.8. The lowest BCUT2D eigenvalue weighted by molar-refractivity contribution is 0.368. The Morgan fingerprint density at radius 2 is 2.00 bits per heavy atom. The molecule has 1 rings (SSSR count). The van der Waals surface area contributed by atoms with Crippen LogP contribution < -0.4 is 5.73 Å². The Morgan fingerprint density at radius 1 is 1.39 bits per heavy atom. The molecule has 0 aromatic heterocycles.